The summed E-state index contributed by atoms with van der Waals surface area (Å²) >= 11 is 1.37. The van der Waals surface area contributed by atoms with Crippen LogP contribution in [0.25, 0.3) is 6.08 Å². The van der Waals surface area contributed by atoms with Gasteiger partial charge in [0, 0.05) is 11.0 Å². The number of carbonyl (C=O) groups is 4. The molecule has 1 aromatic heterocycles. The Hall–Kier alpha value is -3.92. The minimum Gasteiger partial charge on any atom is -0.465 e. The number of methoxy groups -OCH3 is 1. The van der Waals surface area contributed by atoms with E-state index >= 15 is 0 Å². The largest absolute Gasteiger partial charge is 0.465 e. The quantitative estimate of drug-likeness (QED) is 0.346. The monoisotopic (exact) mass is 470 g/mol. The maximum absolute atomic E-state index is 12.6. The molecule has 3 rings (SSSR count). The number of esters is 3. The molecule has 0 fully saturated rings. The van der Waals surface area contributed by atoms with Crippen LogP contribution in [0.4, 0.5) is 4.79 Å². The van der Waals surface area contributed by atoms with Crippen molar-refractivity contribution >= 4 is 41.4 Å². The predicted molar refractivity (Wildman–Crippen MR) is 120 cm³/mol. The van der Waals surface area contributed by atoms with Gasteiger partial charge in [0.05, 0.1) is 36.6 Å². The van der Waals surface area contributed by atoms with Crippen LogP contribution in [0.3, 0.4) is 0 Å². The Balaban J connectivity index is 1.73. The van der Waals surface area contributed by atoms with Gasteiger partial charge < -0.3 is 24.8 Å². The van der Waals surface area contributed by atoms with Crippen LogP contribution in [-0.4, -0.2) is 44.3 Å². The van der Waals surface area contributed by atoms with Gasteiger partial charge in [-0.2, -0.15) is 0 Å². The number of hydrogen-bond acceptors (Lipinski definition) is 8. The summed E-state index contributed by atoms with van der Waals surface area (Å²) in [5, 5.41) is 7.07. The Bertz CT molecular complexity index is 1090. The molecule has 2 amide bonds. The minimum atomic E-state index is -0.713. The third kappa shape index (κ3) is 6.07. The van der Waals surface area contributed by atoms with Crippen molar-refractivity contribution in [3.05, 3.63) is 75.1 Å². The van der Waals surface area contributed by atoms with Crippen molar-refractivity contribution in [2.24, 2.45) is 0 Å². The molecule has 9 nitrogen and oxygen atoms in total. The number of rotatable bonds is 8. The maximum atomic E-state index is 12.6. The maximum Gasteiger partial charge on any atom is 0.338 e. The molecule has 172 valence electrons. The topological polar surface area (TPSA) is 120 Å². The first-order valence-electron chi connectivity index (χ1n) is 9.97. The fourth-order valence-electron chi connectivity index (χ4n) is 3.05. The molecule has 2 heterocycles. The highest BCUT2D eigenvalue weighted by Gasteiger charge is 2.34. The first-order valence-corrected chi connectivity index (χ1v) is 10.8. The Labute approximate surface area is 194 Å². The number of urea groups is 1. The molecule has 10 heteroatoms. The van der Waals surface area contributed by atoms with Crippen molar-refractivity contribution in [2.45, 2.75) is 13.0 Å². The highest BCUT2D eigenvalue weighted by molar-refractivity contribution is 7.10. The standard InChI is InChI=1S/C23H22N2O7S/c1-3-31-22(28)19-16(24-23(29)25-20(19)17-5-4-12-33-17)13-32-18(26)11-8-14-6-9-15(10-7-14)21(27)30-2/h4-12,20H,3,13H2,1-2H3,(H2,24,25,29)/b11-8+. The fourth-order valence-corrected chi connectivity index (χ4v) is 3.84. The zero-order valence-electron chi connectivity index (χ0n) is 18.0. The van der Waals surface area contributed by atoms with Crippen LogP contribution in [0.5, 0.6) is 0 Å². The lowest BCUT2D eigenvalue weighted by Gasteiger charge is -2.28. The van der Waals surface area contributed by atoms with Gasteiger partial charge in [0.1, 0.15) is 6.61 Å². The molecule has 1 aliphatic heterocycles. The highest BCUT2D eigenvalue weighted by atomic mass is 32.1. The average molecular weight is 471 g/mol. The molecule has 0 saturated heterocycles. The molecule has 1 aromatic carbocycles. The van der Waals surface area contributed by atoms with E-state index in [9.17, 15) is 19.2 Å². The van der Waals surface area contributed by atoms with Crippen molar-refractivity contribution < 1.29 is 33.4 Å². The summed E-state index contributed by atoms with van der Waals surface area (Å²) in [6.45, 7) is 1.50. The molecule has 2 aromatic rings. The number of carbonyl (C=O) groups excluding carboxylic acids is 4. The molecule has 0 spiro atoms. The summed E-state index contributed by atoms with van der Waals surface area (Å²) in [7, 11) is 1.29. The van der Waals surface area contributed by atoms with Gasteiger partial charge in [-0.15, -0.1) is 11.3 Å². The summed E-state index contributed by atoms with van der Waals surface area (Å²) in [6, 6.07) is 8.80. The third-order valence-corrected chi connectivity index (χ3v) is 5.52. The van der Waals surface area contributed by atoms with Crippen molar-refractivity contribution in [1.29, 1.82) is 0 Å². The lowest BCUT2D eigenvalue weighted by molar-refractivity contribution is -0.140. The number of benzene rings is 1. The van der Waals surface area contributed by atoms with Gasteiger partial charge in [0.2, 0.25) is 0 Å². The number of thiophene rings is 1. The van der Waals surface area contributed by atoms with E-state index in [0.29, 0.717) is 11.1 Å². The summed E-state index contributed by atoms with van der Waals surface area (Å²) in [5.74, 6) is -1.75. The normalized spacial score (nSPS) is 15.6. The van der Waals surface area contributed by atoms with Crippen molar-refractivity contribution in [3.8, 4) is 0 Å². The lowest BCUT2D eigenvalue weighted by atomic mass is 10.0. The zero-order chi connectivity index (χ0) is 23.8. The van der Waals surface area contributed by atoms with Crippen LogP contribution in [-0.2, 0) is 23.8 Å². The second-order valence-electron chi connectivity index (χ2n) is 6.71. The predicted octanol–water partition coefficient (Wildman–Crippen LogP) is 2.96. The van der Waals surface area contributed by atoms with Crippen LogP contribution < -0.4 is 10.6 Å². The molecule has 0 radical (unpaired) electrons. The molecule has 1 unspecified atom stereocenters. The van der Waals surface area contributed by atoms with E-state index in [1.807, 2.05) is 5.38 Å². The van der Waals surface area contributed by atoms with Crippen molar-refractivity contribution in [1.82, 2.24) is 10.6 Å². The number of hydrogen-bond donors (Lipinski definition) is 2. The first kappa shape index (κ1) is 23.7. The Morgan fingerprint density at radius 1 is 1.09 bits per heavy atom. The van der Waals surface area contributed by atoms with Gasteiger partial charge >= 0.3 is 23.9 Å². The number of amides is 2. The number of nitrogens with one attached hydrogen (secondary N) is 2. The molecule has 2 N–H and O–H groups in total. The molecular weight excluding hydrogens is 448 g/mol. The second-order valence-corrected chi connectivity index (χ2v) is 7.69. The van der Waals surface area contributed by atoms with Crippen molar-refractivity contribution in [3.63, 3.8) is 0 Å². The van der Waals surface area contributed by atoms with Gasteiger partial charge in [-0.05, 0) is 42.1 Å². The summed E-state index contributed by atoms with van der Waals surface area (Å²) < 4.78 is 15.0. The summed E-state index contributed by atoms with van der Waals surface area (Å²) in [5.41, 5.74) is 1.38. The molecule has 33 heavy (non-hydrogen) atoms. The highest BCUT2D eigenvalue weighted by Crippen LogP contribution is 2.30. The van der Waals surface area contributed by atoms with Gasteiger partial charge in [-0.1, -0.05) is 18.2 Å². The summed E-state index contributed by atoms with van der Waals surface area (Å²) in [6.07, 6.45) is 2.72. The van der Waals surface area contributed by atoms with Crippen LogP contribution in [0.15, 0.2) is 59.1 Å². The van der Waals surface area contributed by atoms with E-state index in [-0.39, 0.29) is 24.5 Å². The number of ether oxygens (including phenoxy) is 3. The van der Waals surface area contributed by atoms with E-state index in [2.05, 4.69) is 15.4 Å². The molecule has 1 atom stereocenters. The van der Waals surface area contributed by atoms with Crippen LogP contribution in [0.1, 0.15) is 33.8 Å². The average Bonchev–Trinajstić information content (AvgIpc) is 3.36. The van der Waals surface area contributed by atoms with E-state index < -0.39 is 30.0 Å². The fraction of sp³-hybridized carbons (Fsp3) is 0.217. The molecule has 0 bridgehead atoms. The van der Waals surface area contributed by atoms with Gasteiger partial charge in [-0.3, -0.25) is 0 Å². The summed E-state index contributed by atoms with van der Waals surface area (Å²) in [4.78, 5) is 49.2. The minimum absolute atomic E-state index is 0.151. The van der Waals surface area contributed by atoms with Crippen LogP contribution >= 0.6 is 11.3 Å². The molecule has 0 aliphatic carbocycles. The molecule has 0 saturated carbocycles. The Morgan fingerprint density at radius 2 is 1.85 bits per heavy atom. The van der Waals surface area contributed by atoms with Gasteiger partial charge in [0.15, 0.2) is 0 Å². The SMILES string of the molecule is CCOC(=O)C1=C(COC(=O)/C=C/c2ccc(C(=O)OC)cc2)NC(=O)NC1c1cccs1. The van der Waals surface area contributed by atoms with E-state index in [0.717, 1.165) is 4.88 Å². The van der Waals surface area contributed by atoms with Crippen LogP contribution in [0, 0.1) is 0 Å². The smallest absolute Gasteiger partial charge is 0.338 e. The zero-order valence-corrected chi connectivity index (χ0v) is 18.8. The van der Waals surface area contributed by atoms with Gasteiger partial charge in [0.25, 0.3) is 0 Å². The lowest BCUT2D eigenvalue weighted by Crippen LogP contribution is -2.46. The third-order valence-electron chi connectivity index (χ3n) is 4.58. The van der Waals surface area contributed by atoms with E-state index in [1.54, 1.807) is 43.3 Å². The molecular formula is C23H22N2O7S. The second kappa shape index (κ2) is 11.1. The Kier molecular flexibility index (Phi) is 7.98. The van der Waals surface area contributed by atoms with E-state index in [1.165, 1.54) is 30.6 Å². The van der Waals surface area contributed by atoms with Gasteiger partial charge in [-0.25, -0.2) is 19.2 Å². The van der Waals surface area contributed by atoms with Crippen molar-refractivity contribution in [2.75, 3.05) is 20.3 Å². The Morgan fingerprint density at radius 3 is 2.48 bits per heavy atom. The van der Waals surface area contributed by atoms with E-state index in [4.69, 9.17) is 9.47 Å². The first-order chi connectivity index (χ1) is 15.9. The van der Waals surface area contributed by atoms with Crippen LogP contribution in [0.2, 0.25) is 0 Å². The molecule has 1 aliphatic rings.